The molecular formula is C20H23N3O4S2. The number of methoxy groups -OCH3 is 1. The van der Waals surface area contributed by atoms with E-state index in [4.69, 9.17) is 9.47 Å². The molecule has 29 heavy (non-hydrogen) atoms. The van der Waals surface area contributed by atoms with Gasteiger partial charge in [-0.3, -0.25) is 0 Å². The van der Waals surface area contributed by atoms with Crippen LogP contribution in [0.15, 0.2) is 64.6 Å². The van der Waals surface area contributed by atoms with Crippen LogP contribution in [0.2, 0.25) is 0 Å². The van der Waals surface area contributed by atoms with E-state index in [0.29, 0.717) is 17.6 Å². The average molecular weight is 434 g/mol. The van der Waals surface area contributed by atoms with Gasteiger partial charge in [-0.15, -0.1) is 10.2 Å². The van der Waals surface area contributed by atoms with Gasteiger partial charge in [0.05, 0.1) is 18.6 Å². The summed E-state index contributed by atoms with van der Waals surface area (Å²) >= 11 is 1.53. The number of sulfone groups is 1. The molecular weight excluding hydrogens is 410 g/mol. The van der Waals surface area contributed by atoms with E-state index in [-0.39, 0.29) is 10.6 Å². The lowest BCUT2D eigenvalue weighted by Crippen LogP contribution is -2.09. The van der Waals surface area contributed by atoms with E-state index in [0.717, 1.165) is 23.7 Å². The molecule has 0 atom stereocenters. The Labute approximate surface area is 175 Å². The second-order valence-corrected chi connectivity index (χ2v) is 9.31. The lowest BCUT2D eigenvalue weighted by Gasteiger charge is -2.07. The number of thioether (sulfide) groups is 1. The van der Waals surface area contributed by atoms with Crippen molar-refractivity contribution in [2.24, 2.45) is 7.05 Å². The van der Waals surface area contributed by atoms with E-state index in [1.807, 2.05) is 24.3 Å². The summed E-state index contributed by atoms with van der Waals surface area (Å²) in [7, 11) is -0.0380. The molecule has 0 aliphatic heterocycles. The average Bonchev–Trinajstić information content (AvgIpc) is 3.08. The van der Waals surface area contributed by atoms with Crippen LogP contribution in [0.4, 0.5) is 0 Å². The summed E-state index contributed by atoms with van der Waals surface area (Å²) in [6.07, 6.45) is 0.821. The molecule has 1 heterocycles. The molecule has 7 nitrogen and oxygen atoms in total. The van der Waals surface area contributed by atoms with Crippen molar-refractivity contribution in [2.45, 2.75) is 22.2 Å². The first kappa shape index (κ1) is 21.2. The largest absolute Gasteiger partial charge is 0.497 e. The number of aromatic nitrogens is 3. The third kappa shape index (κ3) is 5.74. The van der Waals surface area contributed by atoms with Crippen LogP contribution < -0.4 is 9.47 Å². The molecule has 3 rings (SSSR count). The van der Waals surface area contributed by atoms with Crippen LogP contribution in [-0.2, 0) is 22.6 Å². The molecule has 154 valence electrons. The fourth-order valence-electron chi connectivity index (χ4n) is 2.56. The second-order valence-electron chi connectivity index (χ2n) is 6.26. The SMILES string of the molecule is COc1ccc(OCCCSc2nnc(CS(=O)(=O)c3ccccc3)n2C)cc1. The summed E-state index contributed by atoms with van der Waals surface area (Å²) in [6.45, 7) is 0.576. The van der Waals surface area contributed by atoms with Gasteiger partial charge in [0.25, 0.3) is 0 Å². The van der Waals surface area contributed by atoms with Crippen LogP contribution in [0.5, 0.6) is 11.5 Å². The van der Waals surface area contributed by atoms with Gasteiger partial charge in [0.2, 0.25) is 0 Å². The highest BCUT2D eigenvalue weighted by atomic mass is 32.2. The number of rotatable bonds is 10. The molecule has 0 bridgehead atoms. The van der Waals surface area contributed by atoms with Gasteiger partial charge in [-0.05, 0) is 42.8 Å². The highest BCUT2D eigenvalue weighted by Gasteiger charge is 2.20. The highest BCUT2D eigenvalue weighted by molar-refractivity contribution is 7.99. The smallest absolute Gasteiger partial charge is 0.190 e. The van der Waals surface area contributed by atoms with E-state index in [9.17, 15) is 8.42 Å². The van der Waals surface area contributed by atoms with Crippen molar-refractivity contribution in [3.8, 4) is 11.5 Å². The van der Waals surface area contributed by atoms with Crippen molar-refractivity contribution in [2.75, 3.05) is 19.5 Å². The zero-order valence-electron chi connectivity index (χ0n) is 16.3. The van der Waals surface area contributed by atoms with Gasteiger partial charge in [0.15, 0.2) is 15.0 Å². The Morgan fingerprint density at radius 3 is 2.38 bits per heavy atom. The number of nitrogens with zero attached hydrogens (tertiary/aromatic N) is 3. The van der Waals surface area contributed by atoms with Gasteiger partial charge in [-0.25, -0.2) is 8.42 Å². The Hall–Kier alpha value is -2.52. The molecule has 0 saturated heterocycles. The van der Waals surface area contributed by atoms with Crippen LogP contribution in [0, 0.1) is 0 Å². The minimum absolute atomic E-state index is 0.179. The minimum Gasteiger partial charge on any atom is -0.497 e. The Morgan fingerprint density at radius 1 is 1.00 bits per heavy atom. The van der Waals surface area contributed by atoms with E-state index < -0.39 is 9.84 Å². The predicted molar refractivity (Wildman–Crippen MR) is 112 cm³/mol. The van der Waals surface area contributed by atoms with Crippen LogP contribution >= 0.6 is 11.8 Å². The fourth-order valence-corrected chi connectivity index (χ4v) is 4.73. The molecule has 1 aromatic heterocycles. The fraction of sp³-hybridized carbons (Fsp3) is 0.300. The summed E-state index contributed by atoms with van der Waals surface area (Å²) in [5.41, 5.74) is 0. The second kappa shape index (κ2) is 9.80. The first-order valence-electron chi connectivity index (χ1n) is 9.05. The molecule has 3 aromatic rings. The summed E-state index contributed by atoms with van der Waals surface area (Å²) in [5, 5.41) is 8.87. The summed E-state index contributed by atoms with van der Waals surface area (Å²) in [6, 6.07) is 15.8. The monoisotopic (exact) mass is 433 g/mol. The van der Waals surface area contributed by atoms with Crippen molar-refractivity contribution < 1.29 is 17.9 Å². The maximum absolute atomic E-state index is 12.5. The highest BCUT2D eigenvalue weighted by Crippen LogP contribution is 2.21. The molecule has 0 fully saturated rings. The normalized spacial score (nSPS) is 11.4. The standard InChI is InChI=1S/C20H23N3O4S2/c1-23-19(15-29(24,25)18-7-4-3-5-8-18)21-22-20(23)28-14-6-13-27-17-11-9-16(26-2)10-12-17/h3-5,7-12H,6,13-15H2,1-2H3. The van der Waals surface area contributed by atoms with E-state index in [1.54, 1.807) is 49.1 Å². The molecule has 0 radical (unpaired) electrons. The van der Waals surface area contributed by atoms with Gasteiger partial charge in [0, 0.05) is 12.8 Å². The van der Waals surface area contributed by atoms with Crippen LogP contribution in [0.1, 0.15) is 12.2 Å². The minimum atomic E-state index is -3.45. The quantitative estimate of drug-likeness (QED) is 0.358. The lowest BCUT2D eigenvalue weighted by molar-refractivity contribution is 0.318. The maximum atomic E-state index is 12.5. The van der Waals surface area contributed by atoms with Crippen LogP contribution in [0.25, 0.3) is 0 Å². The molecule has 0 aliphatic rings. The molecule has 9 heteroatoms. The Bertz CT molecular complexity index is 1020. The number of ether oxygens (including phenoxy) is 2. The maximum Gasteiger partial charge on any atom is 0.190 e. The summed E-state index contributed by atoms with van der Waals surface area (Å²) in [4.78, 5) is 0.285. The molecule has 0 aliphatic carbocycles. The van der Waals surface area contributed by atoms with Gasteiger partial charge in [0.1, 0.15) is 23.1 Å². The van der Waals surface area contributed by atoms with E-state index in [1.165, 1.54) is 11.8 Å². The summed E-state index contributed by atoms with van der Waals surface area (Å²) in [5.74, 6) is 2.61. The van der Waals surface area contributed by atoms with Gasteiger partial charge in [-0.1, -0.05) is 30.0 Å². The van der Waals surface area contributed by atoms with Crippen LogP contribution in [0.3, 0.4) is 0 Å². The van der Waals surface area contributed by atoms with Crippen molar-refractivity contribution in [1.29, 1.82) is 0 Å². The van der Waals surface area contributed by atoms with E-state index >= 15 is 0 Å². The molecule has 0 N–H and O–H groups in total. The molecule has 0 unspecified atom stereocenters. The van der Waals surface area contributed by atoms with Crippen LogP contribution in [-0.4, -0.2) is 42.7 Å². The van der Waals surface area contributed by atoms with Gasteiger partial charge >= 0.3 is 0 Å². The van der Waals surface area contributed by atoms with Crippen molar-refractivity contribution in [3.05, 3.63) is 60.4 Å². The third-order valence-corrected chi connectivity index (χ3v) is 6.93. The topological polar surface area (TPSA) is 83.3 Å². The van der Waals surface area contributed by atoms with Crippen molar-refractivity contribution in [3.63, 3.8) is 0 Å². The van der Waals surface area contributed by atoms with Gasteiger partial charge in [-0.2, -0.15) is 0 Å². The molecule has 0 spiro atoms. The first-order valence-corrected chi connectivity index (χ1v) is 11.7. The number of hydrogen-bond acceptors (Lipinski definition) is 7. The van der Waals surface area contributed by atoms with Crippen molar-refractivity contribution in [1.82, 2.24) is 14.8 Å². The number of benzene rings is 2. The summed E-state index contributed by atoms with van der Waals surface area (Å²) < 4.78 is 37.6. The molecule has 2 aromatic carbocycles. The Balaban J connectivity index is 1.48. The lowest BCUT2D eigenvalue weighted by atomic mass is 10.3. The zero-order chi connectivity index (χ0) is 20.7. The van der Waals surface area contributed by atoms with Crippen molar-refractivity contribution >= 4 is 21.6 Å². The van der Waals surface area contributed by atoms with E-state index in [2.05, 4.69) is 10.2 Å². The molecule has 0 saturated carbocycles. The third-order valence-electron chi connectivity index (χ3n) is 4.19. The number of hydrogen-bond donors (Lipinski definition) is 0. The predicted octanol–water partition coefficient (Wildman–Crippen LogP) is 3.36. The zero-order valence-corrected chi connectivity index (χ0v) is 17.9. The van der Waals surface area contributed by atoms with Gasteiger partial charge < -0.3 is 14.0 Å². The Kier molecular flexibility index (Phi) is 7.16. The molecule has 0 amide bonds. The first-order chi connectivity index (χ1) is 14.0. The Morgan fingerprint density at radius 2 is 1.69 bits per heavy atom.